The number of hydrogen-bond donors (Lipinski definition) is 1. The number of halogens is 1. The molecule has 154 valence electrons. The highest BCUT2D eigenvalue weighted by molar-refractivity contribution is 5.81. The predicted molar refractivity (Wildman–Crippen MR) is 107 cm³/mol. The Balaban J connectivity index is 1.44. The molecule has 1 aliphatic heterocycles. The number of carbonyl (C=O) groups excluding carboxylic acids is 2. The average Bonchev–Trinajstić information content (AvgIpc) is 3.15. The first-order valence-electron chi connectivity index (χ1n) is 9.80. The fraction of sp³-hybridized carbons (Fsp3) is 0.273. The Morgan fingerprint density at radius 3 is 2.70 bits per heavy atom. The Morgan fingerprint density at radius 2 is 1.93 bits per heavy atom. The van der Waals surface area contributed by atoms with Crippen molar-refractivity contribution in [2.45, 2.75) is 25.3 Å². The Bertz CT molecular complexity index is 1020. The number of nitrogens with zero attached hydrogens (tertiary/aromatic N) is 3. The first-order chi connectivity index (χ1) is 14.6. The fourth-order valence-corrected chi connectivity index (χ4v) is 3.53. The third-order valence-corrected chi connectivity index (χ3v) is 5.06. The maximum atomic E-state index is 13.1. The molecule has 1 saturated heterocycles. The van der Waals surface area contributed by atoms with Crippen molar-refractivity contribution in [3.8, 4) is 11.4 Å². The lowest BCUT2D eigenvalue weighted by Gasteiger charge is -2.29. The summed E-state index contributed by atoms with van der Waals surface area (Å²) in [7, 11) is 0. The summed E-state index contributed by atoms with van der Waals surface area (Å²) < 4.78 is 18.3. The normalized spacial score (nSPS) is 16.8. The number of rotatable bonds is 5. The predicted octanol–water partition coefficient (Wildman–Crippen LogP) is 2.90. The van der Waals surface area contributed by atoms with E-state index in [1.165, 1.54) is 12.1 Å². The van der Waals surface area contributed by atoms with Crippen molar-refractivity contribution in [2.75, 3.05) is 13.1 Å². The number of carbonyl (C=O) groups is 2. The van der Waals surface area contributed by atoms with Crippen LogP contribution < -0.4 is 5.32 Å². The maximum absolute atomic E-state index is 13.1. The lowest BCUT2D eigenvalue weighted by molar-refractivity contribution is -0.133. The van der Waals surface area contributed by atoms with Crippen molar-refractivity contribution in [3.63, 3.8) is 0 Å². The second-order valence-electron chi connectivity index (χ2n) is 7.09. The van der Waals surface area contributed by atoms with Gasteiger partial charge < -0.3 is 14.7 Å². The summed E-state index contributed by atoms with van der Waals surface area (Å²) in [6, 6.07) is 15.0. The van der Waals surface area contributed by atoms with Gasteiger partial charge in [-0.15, -0.1) is 0 Å². The Hall–Kier alpha value is -3.55. The van der Waals surface area contributed by atoms with Crippen LogP contribution in [0.25, 0.3) is 11.4 Å². The first kappa shape index (κ1) is 19.8. The molecular weight excluding hydrogens is 387 g/mol. The Labute approximate surface area is 172 Å². The van der Waals surface area contributed by atoms with Gasteiger partial charge in [0.05, 0.1) is 12.5 Å². The zero-order valence-electron chi connectivity index (χ0n) is 16.3. The molecular formula is C22H21FN4O3. The van der Waals surface area contributed by atoms with Gasteiger partial charge in [0, 0.05) is 31.5 Å². The van der Waals surface area contributed by atoms with Crippen molar-refractivity contribution in [3.05, 3.63) is 71.9 Å². The molecule has 1 atom stereocenters. The highest BCUT2D eigenvalue weighted by Gasteiger charge is 2.29. The summed E-state index contributed by atoms with van der Waals surface area (Å²) in [5, 5.41) is 6.73. The van der Waals surface area contributed by atoms with Gasteiger partial charge in [0.1, 0.15) is 5.82 Å². The summed E-state index contributed by atoms with van der Waals surface area (Å²) in [6.45, 7) is 0.859. The number of amides is 2. The SMILES string of the molecule is O=C1C[C@@H](c2ccccc2)N(C(=O)CCc2nc(-c3ccc(F)cc3)no2)CCN1. The molecule has 30 heavy (non-hydrogen) atoms. The number of aromatic nitrogens is 2. The molecule has 1 N–H and O–H groups in total. The zero-order valence-corrected chi connectivity index (χ0v) is 16.3. The van der Waals surface area contributed by atoms with Gasteiger partial charge in [-0.1, -0.05) is 35.5 Å². The second kappa shape index (κ2) is 8.86. The van der Waals surface area contributed by atoms with Crippen LogP contribution in [-0.2, 0) is 16.0 Å². The van der Waals surface area contributed by atoms with Crippen LogP contribution in [0.15, 0.2) is 59.1 Å². The molecule has 3 aromatic rings. The van der Waals surface area contributed by atoms with E-state index in [1.807, 2.05) is 30.3 Å². The Kier molecular flexibility index (Phi) is 5.83. The maximum Gasteiger partial charge on any atom is 0.227 e. The van der Waals surface area contributed by atoms with E-state index in [4.69, 9.17) is 4.52 Å². The van der Waals surface area contributed by atoms with Crippen LogP contribution in [0.5, 0.6) is 0 Å². The molecule has 0 unspecified atom stereocenters. The van der Waals surface area contributed by atoms with Crippen LogP contribution in [0.3, 0.4) is 0 Å². The van der Waals surface area contributed by atoms with Gasteiger partial charge in [-0.25, -0.2) is 4.39 Å². The smallest absolute Gasteiger partial charge is 0.227 e. The Morgan fingerprint density at radius 1 is 1.17 bits per heavy atom. The highest BCUT2D eigenvalue weighted by Crippen LogP contribution is 2.26. The minimum Gasteiger partial charge on any atom is -0.354 e. The molecule has 7 nitrogen and oxygen atoms in total. The van der Waals surface area contributed by atoms with E-state index in [1.54, 1.807) is 17.0 Å². The van der Waals surface area contributed by atoms with E-state index in [2.05, 4.69) is 15.5 Å². The third kappa shape index (κ3) is 4.53. The summed E-state index contributed by atoms with van der Waals surface area (Å²) in [6.07, 6.45) is 0.694. The van der Waals surface area contributed by atoms with E-state index in [0.29, 0.717) is 30.4 Å². The molecule has 8 heteroatoms. The van der Waals surface area contributed by atoms with E-state index in [0.717, 1.165) is 5.56 Å². The highest BCUT2D eigenvalue weighted by atomic mass is 19.1. The molecule has 1 aliphatic rings. The first-order valence-corrected chi connectivity index (χ1v) is 9.80. The van der Waals surface area contributed by atoms with Crippen LogP contribution in [-0.4, -0.2) is 39.9 Å². The van der Waals surface area contributed by atoms with Gasteiger partial charge in [-0.05, 0) is 29.8 Å². The van der Waals surface area contributed by atoms with Gasteiger partial charge in [0.15, 0.2) is 0 Å². The molecule has 0 saturated carbocycles. The van der Waals surface area contributed by atoms with E-state index >= 15 is 0 Å². The summed E-state index contributed by atoms with van der Waals surface area (Å²) in [5.74, 6) is 0.195. The molecule has 2 amide bonds. The summed E-state index contributed by atoms with van der Waals surface area (Å²) >= 11 is 0. The zero-order chi connectivity index (χ0) is 20.9. The topological polar surface area (TPSA) is 88.3 Å². The molecule has 2 aromatic carbocycles. The average molecular weight is 408 g/mol. The van der Waals surface area contributed by atoms with Crippen LogP contribution in [0.1, 0.15) is 30.3 Å². The lowest BCUT2D eigenvalue weighted by Crippen LogP contribution is -2.36. The number of hydrogen-bond acceptors (Lipinski definition) is 5. The fourth-order valence-electron chi connectivity index (χ4n) is 3.53. The standard InChI is InChI=1S/C22H21FN4O3/c23-17-8-6-16(7-9-17)22-25-20(30-26-22)10-11-21(29)27-13-12-24-19(28)14-18(27)15-4-2-1-3-5-15/h1-9,18H,10-14H2,(H,24,28)/t18-/m0/s1. The molecule has 0 bridgehead atoms. The molecule has 1 aromatic heterocycles. The van der Waals surface area contributed by atoms with Gasteiger partial charge in [0.2, 0.25) is 23.5 Å². The molecule has 0 spiro atoms. The minimum absolute atomic E-state index is 0.0695. The largest absolute Gasteiger partial charge is 0.354 e. The van der Waals surface area contributed by atoms with Crippen molar-refractivity contribution in [2.24, 2.45) is 0 Å². The van der Waals surface area contributed by atoms with E-state index < -0.39 is 0 Å². The summed E-state index contributed by atoms with van der Waals surface area (Å²) in [5.41, 5.74) is 1.57. The number of aryl methyl sites for hydroxylation is 1. The molecule has 1 fully saturated rings. The van der Waals surface area contributed by atoms with Crippen LogP contribution in [0.4, 0.5) is 4.39 Å². The van der Waals surface area contributed by atoms with Crippen molar-refractivity contribution in [1.29, 1.82) is 0 Å². The van der Waals surface area contributed by atoms with E-state index in [-0.39, 0.29) is 42.9 Å². The van der Waals surface area contributed by atoms with Crippen LogP contribution in [0, 0.1) is 5.82 Å². The molecule has 0 aliphatic carbocycles. The van der Waals surface area contributed by atoms with Crippen molar-refractivity contribution in [1.82, 2.24) is 20.4 Å². The summed E-state index contributed by atoms with van der Waals surface area (Å²) in [4.78, 5) is 31.1. The minimum atomic E-state index is -0.341. The van der Waals surface area contributed by atoms with Gasteiger partial charge in [-0.2, -0.15) is 4.98 Å². The second-order valence-corrected chi connectivity index (χ2v) is 7.09. The molecule has 2 heterocycles. The van der Waals surface area contributed by atoms with Gasteiger partial charge >= 0.3 is 0 Å². The number of nitrogens with one attached hydrogen (secondary N) is 1. The number of benzene rings is 2. The van der Waals surface area contributed by atoms with Gasteiger partial charge in [0.25, 0.3) is 0 Å². The van der Waals surface area contributed by atoms with E-state index in [9.17, 15) is 14.0 Å². The monoisotopic (exact) mass is 408 g/mol. The van der Waals surface area contributed by atoms with Gasteiger partial charge in [-0.3, -0.25) is 9.59 Å². The quantitative estimate of drug-likeness (QED) is 0.701. The van der Waals surface area contributed by atoms with Crippen molar-refractivity contribution < 1.29 is 18.5 Å². The lowest BCUT2D eigenvalue weighted by atomic mass is 10.0. The van der Waals surface area contributed by atoms with Crippen LogP contribution >= 0.6 is 0 Å². The van der Waals surface area contributed by atoms with Crippen LogP contribution in [0.2, 0.25) is 0 Å². The third-order valence-electron chi connectivity index (χ3n) is 5.06. The van der Waals surface area contributed by atoms with Crippen molar-refractivity contribution >= 4 is 11.8 Å². The molecule has 4 rings (SSSR count). The molecule has 0 radical (unpaired) electrons.